The summed E-state index contributed by atoms with van der Waals surface area (Å²) in [5.74, 6) is 0.435. The summed E-state index contributed by atoms with van der Waals surface area (Å²) in [7, 11) is 0. The molecule has 0 saturated heterocycles. The summed E-state index contributed by atoms with van der Waals surface area (Å²) in [4.78, 5) is 14.8. The molecule has 126 valence electrons. The molecule has 0 heterocycles. The molecule has 4 heteroatoms. The minimum Gasteiger partial charge on any atom is -0.465 e. The van der Waals surface area contributed by atoms with Crippen molar-refractivity contribution < 1.29 is 9.53 Å². The van der Waals surface area contributed by atoms with E-state index in [-0.39, 0.29) is 5.97 Å². The lowest BCUT2D eigenvalue weighted by Crippen LogP contribution is -2.59. The Morgan fingerprint density at radius 1 is 1.19 bits per heavy atom. The lowest BCUT2D eigenvalue weighted by molar-refractivity contribution is -0.151. The third kappa shape index (κ3) is 6.79. The van der Waals surface area contributed by atoms with Gasteiger partial charge in [0.1, 0.15) is 5.54 Å². The molecule has 0 amide bonds. The van der Waals surface area contributed by atoms with E-state index in [2.05, 4.69) is 37.9 Å². The van der Waals surface area contributed by atoms with Crippen LogP contribution in [0.1, 0.15) is 61.3 Å². The van der Waals surface area contributed by atoms with Crippen LogP contribution < -0.4 is 5.32 Å². The van der Waals surface area contributed by atoms with Crippen molar-refractivity contribution in [2.24, 2.45) is 5.92 Å². The Labute approximate surface area is 131 Å². The first kappa shape index (κ1) is 20.4. The summed E-state index contributed by atoms with van der Waals surface area (Å²) in [6, 6.07) is 0.514. The molecule has 0 aliphatic carbocycles. The first-order valence-electron chi connectivity index (χ1n) is 8.50. The summed E-state index contributed by atoms with van der Waals surface area (Å²) in [5.41, 5.74) is -0.637. The Kier molecular flexibility index (Phi) is 9.88. The molecule has 21 heavy (non-hydrogen) atoms. The lowest BCUT2D eigenvalue weighted by atomic mass is 9.98. The maximum atomic E-state index is 12.4. The van der Waals surface area contributed by atoms with Crippen molar-refractivity contribution in [3.8, 4) is 0 Å². The van der Waals surface area contributed by atoms with E-state index >= 15 is 0 Å². The summed E-state index contributed by atoms with van der Waals surface area (Å²) >= 11 is 0. The predicted octanol–water partition coefficient (Wildman–Crippen LogP) is 3.06. The van der Waals surface area contributed by atoms with Crippen molar-refractivity contribution in [1.29, 1.82) is 0 Å². The quantitative estimate of drug-likeness (QED) is 0.595. The van der Waals surface area contributed by atoms with Crippen LogP contribution in [0.15, 0.2) is 0 Å². The minimum absolute atomic E-state index is 0.147. The highest BCUT2D eigenvalue weighted by Gasteiger charge is 2.37. The van der Waals surface area contributed by atoms with Gasteiger partial charge in [-0.1, -0.05) is 34.6 Å². The topological polar surface area (TPSA) is 41.6 Å². The molecule has 0 bridgehead atoms. The van der Waals surface area contributed by atoms with Crippen molar-refractivity contribution in [3.63, 3.8) is 0 Å². The Hall–Kier alpha value is -0.610. The maximum Gasteiger partial charge on any atom is 0.327 e. The first-order valence-corrected chi connectivity index (χ1v) is 8.50. The van der Waals surface area contributed by atoms with E-state index in [1.807, 2.05) is 20.8 Å². The third-order valence-corrected chi connectivity index (χ3v) is 3.87. The van der Waals surface area contributed by atoms with Crippen LogP contribution in [0.3, 0.4) is 0 Å². The molecule has 0 aromatic rings. The molecule has 1 N–H and O–H groups in total. The molecule has 0 aromatic carbocycles. The largest absolute Gasteiger partial charge is 0.465 e. The van der Waals surface area contributed by atoms with Gasteiger partial charge in [-0.25, -0.2) is 0 Å². The average molecular weight is 300 g/mol. The second kappa shape index (κ2) is 10.2. The van der Waals surface area contributed by atoms with Gasteiger partial charge in [-0.15, -0.1) is 0 Å². The van der Waals surface area contributed by atoms with E-state index in [9.17, 15) is 4.79 Å². The zero-order valence-corrected chi connectivity index (χ0v) is 15.2. The van der Waals surface area contributed by atoms with Crippen molar-refractivity contribution in [1.82, 2.24) is 10.2 Å². The van der Waals surface area contributed by atoms with Crippen LogP contribution in [0.2, 0.25) is 0 Å². The van der Waals surface area contributed by atoms with E-state index in [1.54, 1.807) is 0 Å². The van der Waals surface area contributed by atoms with Gasteiger partial charge in [-0.3, -0.25) is 9.69 Å². The monoisotopic (exact) mass is 300 g/mol. The number of hydrogen-bond donors (Lipinski definition) is 1. The highest BCUT2D eigenvalue weighted by molar-refractivity contribution is 5.80. The smallest absolute Gasteiger partial charge is 0.327 e. The fraction of sp³-hybridized carbons (Fsp3) is 0.941. The van der Waals surface area contributed by atoms with Crippen LogP contribution in [0.5, 0.6) is 0 Å². The van der Waals surface area contributed by atoms with Gasteiger partial charge in [0, 0.05) is 19.1 Å². The number of likely N-dealkylation sites (N-methyl/N-ethyl adjacent to an activating group) is 1. The number of nitrogens with zero attached hydrogens (tertiary/aromatic N) is 1. The Morgan fingerprint density at radius 2 is 1.76 bits per heavy atom. The van der Waals surface area contributed by atoms with Crippen molar-refractivity contribution >= 4 is 5.97 Å². The normalized spacial score (nSPS) is 14.8. The Morgan fingerprint density at radius 3 is 2.14 bits per heavy atom. The fourth-order valence-corrected chi connectivity index (χ4v) is 2.90. The Balaban J connectivity index is 5.14. The number of hydrogen-bond acceptors (Lipinski definition) is 4. The lowest BCUT2D eigenvalue weighted by Gasteiger charge is -2.39. The van der Waals surface area contributed by atoms with E-state index in [0.717, 1.165) is 25.9 Å². The maximum absolute atomic E-state index is 12.4. The number of esters is 1. The number of carbonyl (C=O) groups is 1. The molecular formula is C17H36N2O2. The highest BCUT2D eigenvalue weighted by atomic mass is 16.5. The molecule has 1 unspecified atom stereocenters. The van der Waals surface area contributed by atoms with Crippen LogP contribution in [-0.2, 0) is 9.53 Å². The van der Waals surface area contributed by atoms with E-state index < -0.39 is 5.54 Å². The molecule has 4 nitrogen and oxygen atoms in total. The fourth-order valence-electron chi connectivity index (χ4n) is 2.90. The van der Waals surface area contributed by atoms with Crippen LogP contribution in [0.4, 0.5) is 0 Å². The second-order valence-electron chi connectivity index (χ2n) is 6.38. The van der Waals surface area contributed by atoms with E-state index in [1.165, 1.54) is 0 Å². The summed E-state index contributed by atoms with van der Waals surface area (Å²) in [6.45, 7) is 17.6. The van der Waals surface area contributed by atoms with E-state index in [0.29, 0.717) is 25.1 Å². The second-order valence-corrected chi connectivity index (χ2v) is 6.38. The standard InChI is InChI=1S/C17H36N2O2/c1-8-15(9-2)19(12-14(5)6)13-17(7,18-10-3)16(20)21-11-4/h14-15,18H,8-13H2,1-7H3. The molecule has 0 radical (unpaired) electrons. The molecule has 0 aliphatic rings. The van der Waals surface area contributed by atoms with Crippen LogP contribution in [0, 0.1) is 5.92 Å². The van der Waals surface area contributed by atoms with Gasteiger partial charge < -0.3 is 10.1 Å². The van der Waals surface area contributed by atoms with Crippen LogP contribution in [-0.4, -0.2) is 48.7 Å². The molecule has 0 spiro atoms. The SMILES string of the molecule is CCNC(C)(CN(CC(C)C)C(CC)CC)C(=O)OCC. The van der Waals surface area contributed by atoms with Gasteiger partial charge in [0.05, 0.1) is 6.61 Å². The summed E-state index contributed by atoms with van der Waals surface area (Å²) < 4.78 is 5.28. The minimum atomic E-state index is -0.637. The van der Waals surface area contributed by atoms with Gasteiger partial charge in [0.25, 0.3) is 0 Å². The summed E-state index contributed by atoms with van der Waals surface area (Å²) in [6.07, 6.45) is 2.21. The third-order valence-electron chi connectivity index (χ3n) is 3.87. The van der Waals surface area contributed by atoms with Gasteiger partial charge in [-0.2, -0.15) is 0 Å². The van der Waals surface area contributed by atoms with Gasteiger partial charge >= 0.3 is 5.97 Å². The average Bonchev–Trinajstić information content (AvgIpc) is 2.39. The molecule has 0 saturated carbocycles. The number of carbonyl (C=O) groups excluding carboxylic acids is 1. The number of rotatable bonds is 11. The van der Waals surface area contributed by atoms with E-state index in [4.69, 9.17) is 4.74 Å². The van der Waals surface area contributed by atoms with Crippen LogP contribution >= 0.6 is 0 Å². The molecular weight excluding hydrogens is 264 g/mol. The number of ether oxygens (including phenoxy) is 1. The molecule has 0 aromatic heterocycles. The first-order chi connectivity index (χ1) is 9.84. The zero-order chi connectivity index (χ0) is 16.5. The van der Waals surface area contributed by atoms with Crippen molar-refractivity contribution in [3.05, 3.63) is 0 Å². The van der Waals surface area contributed by atoms with Gasteiger partial charge in [-0.05, 0) is 39.2 Å². The van der Waals surface area contributed by atoms with Gasteiger partial charge in [0.15, 0.2) is 0 Å². The molecule has 0 fully saturated rings. The van der Waals surface area contributed by atoms with Crippen molar-refractivity contribution in [2.45, 2.75) is 72.9 Å². The zero-order valence-electron chi connectivity index (χ0n) is 15.2. The highest BCUT2D eigenvalue weighted by Crippen LogP contribution is 2.17. The van der Waals surface area contributed by atoms with Crippen LogP contribution in [0.25, 0.3) is 0 Å². The molecule has 0 rings (SSSR count). The predicted molar refractivity (Wildman–Crippen MR) is 89.5 cm³/mol. The van der Waals surface area contributed by atoms with Crippen molar-refractivity contribution in [2.75, 3.05) is 26.2 Å². The Bertz CT molecular complexity index is 291. The molecule has 0 aliphatic heterocycles. The number of nitrogens with one attached hydrogen (secondary N) is 1. The molecule has 1 atom stereocenters. The van der Waals surface area contributed by atoms with Gasteiger partial charge in [0.2, 0.25) is 0 Å². The summed E-state index contributed by atoms with van der Waals surface area (Å²) in [5, 5.41) is 3.33.